The zero-order chi connectivity index (χ0) is 19.4. The Labute approximate surface area is 161 Å². The van der Waals surface area contributed by atoms with Crippen LogP contribution in [0.4, 0.5) is 5.69 Å². The van der Waals surface area contributed by atoms with Gasteiger partial charge < -0.3 is 19.8 Å². The molecule has 0 bridgehead atoms. The van der Waals surface area contributed by atoms with Crippen molar-refractivity contribution in [2.45, 2.75) is 5.16 Å². The first-order chi connectivity index (χ1) is 13.0. The quantitative estimate of drug-likeness (QED) is 0.380. The Kier molecular flexibility index (Phi) is 5.66. The zero-order valence-corrected chi connectivity index (χ0v) is 16.1. The maximum absolute atomic E-state index is 12.7. The van der Waals surface area contributed by atoms with Crippen molar-refractivity contribution in [1.82, 2.24) is 14.8 Å². The van der Waals surface area contributed by atoms with Gasteiger partial charge in [-0.2, -0.15) is 0 Å². The summed E-state index contributed by atoms with van der Waals surface area (Å²) in [5.74, 6) is 1.88. The molecule has 3 rings (SSSR count). The lowest BCUT2D eigenvalue weighted by atomic mass is 10.1. The Morgan fingerprint density at radius 2 is 1.93 bits per heavy atom. The highest BCUT2D eigenvalue weighted by atomic mass is 32.2. The van der Waals surface area contributed by atoms with E-state index in [1.165, 1.54) is 18.9 Å². The molecule has 0 amide bonds. The predicted octanol–water partition coefficient (Wildman–Crippen LogP) is 3.06. The van der Waals surface area contributed by atoms with E-state index in [1.54, 1.807) is 25.3 Å². The fraction of sp³-hybridized carbons (Fsp3) is 0.211. The van der Waals surface area contributed by atoms with Crippen molar-refractivity contribution in [3.05, 3.63) is 48.0 Å². The molecule has 2 N–H and O–H groups in total. The van der Waals surface area contributed by atoms with Gasteiger partial charge in [0.2, 0.25) is 0 Å². The molecule has 2 aromatic carbocycles. The number of aromatic nitrogens is 3. The number of rotatable bonds is 7. The molecule has 0 saturated heterocycles. The molecule has 0 saturated carbocycles. The number of ketones is 1. The Hall–Kier alpha value is -3.00. The average Bonchev–Trinajstić information content (AvgIpc) is 3.06. The van der Waals surface area contributed by atoms with Crippen LogP contribution in [-0.4, -0.2) is 40.5 Å². The first-order valence-corrected chi connectivity index (χ1v) is 9.16. The zero-order valence-electron chi connectivity index (χ0n) is 15.3. The van der Waals surface area contributed by atoms with E-state index >= 15 is 0 Å². The second-order valence-corrected chi connectivity index (χ2v) is 6.67. The van der Waals surface area contributed by atoms with Crippen LogP contribution in [0.5, 0.6) is 11.5 Å². The molecule has 3 aromatic rings. The van der Waals surface area contributed by atoms with Crippen molar-refractivity contribution in [2.75, 3.05) is 25.7 Å². The SMILES string of the molecule is COc1ccc(OC)c(C(=O)CSc2nnc(-c3ccccc3N)n2C)c1. The number of Topliss-reactive ketones (excluding diaryl/α,β-unsaturated/α-hetero) is 1. The van der Waals surface area contributed by atoms with Crippen molar-refractivity contribution in [2.24, 2.45) is 7.05 Å². The summed E-state index contributed by atoms with van der Waals surface area (Å²) in [4.78, 5) is 12.7. The highest BCUT2D eigenvalue weighted by Gasteiger charge is 2.17. The van der Waals surface area contributed by atoms with Gasteiger partial charge in [-0.25, -0.2) is 0 Å². The fourth-order valence-corrected chi connectivity index (χ4v) is 3.41. The fourth-order valence-electron chi connectivity index (χ4n) is 2.62. The second-order valence-electron chi connectivity index (χ2n) is 5.73. The van der Waals surface area contributed by atoms with Crippen LogP contribution < -0.4 is 15.2 Å². The lowest BCUT2D eigenvalue weighted by Gasteiger charge is -2.09. The van der Waals surface area contributed by atoms with Gasteiger partial charge >= 0.3 is 0 Å². The van der Waals surface area contributed by atoms with E-state index in [1.807, 2.05) is 35.9 Å². The molecular weight excluding hydrogens is 364 g/mol. The number of para-hydroxylation sites is 1. The van der Waals surface area contributed by atoms with E-state index in [0.29, 0.717) is 33.7 Å². The highest BCUT2D eigenvalue weighted by Crippen LogP contribution is 2.29. The van der Waals surface area contributed by atoms with Crippen LogP contribution in [0.1, 0.15) is 10.4 Å². The maximum atomic E-state index is 12.7. The summed E-state index contributed by atoms with van der Waals surface area (Å²) in [6, 6.07) is 12.6. The summed E-state index contributed by atoms with van der Waals surface area (Å²) in [6.45, 7) is 0. The van der Waals surface area contributed by atoms with E-state index in [4.69, 9.17) is 15.2 Å². The smallest absolute Gasteiger partial charge is 0.191 e. The second kappa shape index (κ2) is 8.13. The predicted molar refractivity (Wildman–Crippen MR) is 105 cm³/mol. The Morgan fingerprint density at radius 1 is 1.15 bits per heavy atom. The number of methoxy groups -OCH3 is 2. The number of thioether (sulfide) groups is 1. The van der Waals surface area contributed by atoms with Crippen LogP contribution >= 0.6 is 11.8 Å². The van der Waals surface area contributed by atoms with Crippen LogP contribution in [-0.2, 0) is 7.05 Å². The monoisotopic (exact) mass is 384 g/mol. The summed E-state index contributed by atoms with van der Waals surface area (Å²) < 4.78 is 12.3. The number of ether oxygens (including phenoxy) is 2. The van der Waals surface area contributed by atoms with Gasteiger partial charge in [-0.3, -0.25) is 4.79 Å². The third-order valence-electron chi connectivity index (χ3n) is 4.08. The molecule has 27 heavy (non-hydrogen) atoms. The van der Waals surface area contributed by atoms with Gasteiger partial charge in [-0.15, -0.1) is 10.2 Å². The van der Waals surface area contributed by atoms with Crippen molar-refractivity contribution in [3.63, 3.8) is 0 Å². The molecule has 0 spiro atoms. The standard InChI is InChI=1S/C19H20N4O3S/c1-23-18(13-6-4-5-7-15(13)20)21-22-19(23)27-11-16(24)14-10-12(25-2)8-9-17(14)26-3/h4-10H,11,20H2,1-3H3. The first kappa shape index (κ1) is 18.8. The lowest BCUT2D eigenvalue weighted by Crippen LogP contribution is -2.06. The molecule has 0 radical (unpaired) electrons. The van der Waals surface area contributed by atoms with E-state index in [-0.39, 0.29) is 11.5 Å². The van der Waals surface area contributed by atoms with Gasteiger partial charge in [-0.1, -0.05) is 23.9 Å². The largest absolute Gasteiger partial charge is 0.497 e. The highest BCUT2D eigenvalue weighted by molar-refractivity contribution is 7.99. The number of hydrogen-bond donors (Lipinski definition) is 1. The maximum Gasteiger partial charge on any atom is 0.191 e. The minimum atomic E-state index is -0.0838. The minimum absolute atomic E-state index is 0.0838. The number of nitrogens with two attached hydrogens (primary N) is 1. The normalized spacial score (nSPS) is 10.6. The topological polar surface area (TPSA) is 92.3 Å². The van der Waals surface area contributed by atoms with Crippen LogP contribution in [0.3, 0.4) is 0 Å². The molecule has 8 heteroatoms. The molecular formula is C19H20N4O3S. The average molecular weight is 384 g/mol. The van der Waals surface area contributed by atoms with E-state index in [0.717, 1.165) is 5.56 Å². The van der Waals surface area contributed by atoms with Crippen molar-refractivity contribution in [1.29, 1.82) is 0 Å². The number of carbonyl (C=O) groups excluding carboxylic acids is 1. The number of nitrogens with zero attached hydrogens (tertiary/aromatic N) is 3. The Balaban J connectivity index is 1.78. The molecule has 140 valence electrons. The molecule has 0 fully saturated rings. The number of carbonyl (C=O) groups is 1. The van der Waals surface area contributed by atoms with Gasteiger partial charge in [0, 0.05) is 18.3 Å². The molecule has 1 heterocycles. The van der Waals surface area contributed by atoms with Crippen LogP contribution in [0.2, 0.25) is 0 Å². The number of benzene rings is 2. The first-order valence-electron chi connectivity index (χ1n) is 8.17. The summed E-state index contributed by atoms with van der Waals surface area (Å²) >= 11 is 1.31. The molecule has 7 nitrogen and oxygen atoms in total. The van der Waals surface area contributed by atoms with E-state index in [2.05, 4.69) is 10.2 Å². The summed E-state index contributed by atoms with van der Waals surface area (Å²) in [7, 11) is 4.94. The molecule has 0 unspecified atom stereocenters. The van der Waals surface area contributed by atoms with Crippen molar-refractivity contribution < 1.29 is 14.3 Å². The molecule has 0 aliphatic heterocycles. The summed E-state index contributed by atoms with van der Waals surface area (Å²) in [5.41, 5.74) is 7.92. The van der Waals surface area contributed by atoms with Gasteiger partial charge in [0.15, 0.2) is 16.8 Å². The molecule has 0 aliphatic rings. The number of hydrogen-bond acceptors (Lipinski definition) is 7. The third kappa shape index (κ3) is 3.90. The summed E-state index contributed by atoms with van der Waals surface area (Å²) in [6.07, 6.45) is 0. The van der Waals surface area contributed by atoms with Crippen LogP contribution in [0.25, 0.3) is 11.4 Å². The molecule has 0 atom stereocenters. The third-order valence-corrected chi connectivity index (χ3v) is 5.10. The van der Waals surface area contributed by atoms with E-state index in [9.17, 15) is 4.79 Å². The van der Waals surface area contributed by atoms with E-state index < -0.39 is 0 Å². The molecule has 1 aromatic heterocycles. The van der Waals surface area contributed by atoms with Crippen molar-refractivity contribution >= 4 is 23.2 Å². The summed E-state index contributed by atoms with van der Waals surface area (Å²) in [5, 5.41) is 9.03. The Bertz CT molecular complexity index is 971. The lowest BCUT2D eigenvalue weighted by molar-refractivity contribution is 0.101. The minimum Gasteiger partial charge on any atom is -0.497 e. The van der Waals surface area contributed by atoms with Gasteiger partial charge in [0.25, 0.3) is 0 Å². The van der Waals surface area contributed by atoms with Gasteiger partial charge in [0.05, 0.1) is 25.5 Å². The van der Waals surface area contributed by atoms with Gasteiger partial charge in [0.1, 0.15) is 11.5 Å². The molecule has 0 aliphatic carbocycles. The van der Waals surface area contributed by atoms with Gasteiger partial charge in [-0.05, 0) is 30.3 Å². The van der Waals surface area contributed by atoms with Crippen LogP contribution in [0, 0.1) is 0 Å². The number of anilines is 1. The number of nitrogen functional groups attached to an aromatic ring is 1. The Morgan fingerprint density at radius 3 is 2.63 bits per heavy atom. The van der Waals surface area contributed by atoms with Crippen LogP contribution in [0.15, 0.2) is 47.6 Å². The van der Waals surface area contributed by atoms with Crippen molar-refractivity contribution in [3.8, 4) is 22.9 Å².